The number of methoxy groups -OCH3 is 1. The summed E-state index contributed by atoms with van der Waals surface area (Å²) in [4.78, 5) is 50.5. The fraction of sp³-hybridized carbons (Fsp3) is 0.111. The van der Waals surface area contributed by atoms with E-state index in [9.17, 15) is 28.0 Å². The molecule has 1 aliphatic rings. The van der Waals surface area contributed by atoms with Crippen LogP contribution >= 0.6 is 22.6 Å². The Balaban J connectivity index is 1.42. The van der Waals surface area contributed by atoms with E-state index in [1.165, 1.54) is 67.8 Å². The number of para-hydroxylation sites is 1. The van der Waals surface area contributed by atoms with Gasteiger partial charge in [-0.25, -0.2) is 18.5 Å². The molecule has 0 atom stereocenters. The summed E-state index contributed by atoms with van der Waals surface area (Å²) in [6, 6.07) is 13.1. The number of hydrogen-bond donors (Lipinski definition) is 3. The van der Waals surface area contributed by atoms with Crippen molar-refractivity contribution < 1.29 is 37.4 Å². The highest BCUT2D eigenvalue weighted by Crippen LogP contribution is 2.35. The molecule has 5 amide bonds. The summed E-state index contributed by atoms with van der Waals surface area (Å²) in [6.45, 7) is -0.980. The van der Waals surface area contributed by atoms with Gasteiger partial charge in [0.05, 0.1) is 16.4 Å². The Hall–Kier alpha value is -4.53. The van der Waals surface area contributed by atoms with E-state index in [1.54, 1.807) is 6.07 Å². The summed E-state index contributed by atoms with van der Waals surface area (Å²) in [5, 5.41) is 7.33. The van der Waals surface area contributed by atoms with Gasteiger partial charge in [-0.05, 0) is 82.8 Å². The molecule has 3 N–H and O–H groups in total. The van der Waals surface area contributed by atoms with Crippen molar-refractivity contribution in [1.82, 2.24) is 10.2 Å². The minimum absolute atomic E-state index is 0.0766. The number of urea groups is 1. The van der Waals surface area contributed by atoms with Gasteiger partial charge in [-0.15, -0.1) is 0 Å². The van der Waals surface area contributed by atoms with E-state index in [-0.39, 0.29) is 29.5 Å². The third-order valence-corrected chi connectivity index (χ3v) is 6.25. The minimum atomic E-state index is -0.811. The molecule has 40 heavy (non-hydrogen) atoms. The number of amides is 5. The number of anilines is 2. The lowest BCUT2D eigenvalue weighted by atomic mass is 10.1. The highest BCUT2D eigenvalue weighted by atomic mass is 127. The maximum atomic E-state index is 13.8. The van der Waals surface area contributed by atoms with E-state index in [1.807, 2.05) is 22.6 Å². The maximum Gasteiger partial charge on any atom is 0.329 e. The number of nitrogens with one attached hydrogen (secondary N) is 3. The third-order valence-electron chi connectivity index (χ3n) is 5.45. The first-order chi connectivity index (χ1) is 19.1. The number of benzene rings is 3. The summed E-state index contributed by atoms with van der Waals surface area (Å²) in [5.74, 6) is -2.54. The Labute approximate surface area is 240 Å². The molecule has 13 heteroatoms. The number of halogens is 3. The maximum absolute atomic E-state index is 13.8. The molecule has 1 heterocycles. The van der Waals surface area contributed by atoms with Crippen molar-refractivity contribution in [2.24, 2.45) is 0 Å². The van der Waals surface area contributed by atoms with Crippen LogP contribution in [0.15, 0.2) is 66.4 Å². The Bertz CT molecular complexity index is 1510. The molecule has 206 valence electrons. The Morgan fingerprint density at radius 1 is 1.02 bits per heavy atom. The first kappa shape index (κ1) is 28.5. The zero-order valence-corrected chi connectivity index (χ0v) is 23.0. The van der Waals surface area contributed by atoms with Crippen LogP contribution < -0.4 is 25.4 Å². The Kier molecular flexibility index (Phi) is 8.93. The second kappa shape index (κ2) is 12.5. The van der Waals surface area contributed by atoms with E-state index >= 15 is 0 Å². The fourth-order valence-corrected chi connectivity index (χ4v) is 4.39. The first-order valence-corrected chi connectivity index (χ1v) is 12.7. The van der Waals surface area contributed by atoms with E-state index in [4.69, 9.17) is 9.47 Å². The van der Waals surface area contributed by atoms with Crippen LogP contribution in [0.1, 0.15) is 5.56 Å². The molecule has 1 fully saturated rings. The molecule has 0 aliphatic carbocycles. The van der Waals surface area contributed by atoms with Crippen molar-refractivity contribution >= 4 is 63.8 Å². The molecule has 0 bridgehead atoms. The van der Waals surface area contributed by atoms with Gasteiger partial charge in [0.15, 0.2) is 18.1 Å². The fourth-order valence-electron chi connectivity index (χ4n) is 3.61. The molecule has 0 unspecified atom stereocenters. The van der Waals surface area contributed by atoms with Crippen LogP contribution in [0.3, 0.4) is 0 Å². The van der Waals surface area contributed by atoms with Gasteiger partial charge in [0.2, 0.25) is 5.91 Å². The molecule has 0 radical (unpaired) electrons. The van der Waals surface area contributed by atoms with Crippen LogP contribution in [0.2, 0.25) is 0 Å². The van der Waals surface area contributed by atoms with Crippen LogP contribution in [0, 0.1) is 15.2 Å². The van der Waals surface area contributed by atoms with Gasteiger partial charge in [0.1, 0.15) is 23.9 Å². The van der Waals surface area contributed by atoms with Crippen molar-refractivity contribution in [1.29, 1.82) is 0 Å². The molecular weight excluding hydrogens is 641 g/mol. The van der Waals surface area contributed by atoms with Crippen LogP contribution in [0.5, 0.6) is 11.5 Å². The SMILES string of the molecule is COc1cc(/C=C2/NC(=O)N(CC(=O)Nc3ccccc3F)C2=O)cc(I)c1OCC(=O)Nc1ccc(F)cc1. The molecule has 1 aliphatic heterocycles. The zero-order chi connectivity index (χ0) is 28.8. The van der Waals surface area contributed by atoms with Gasteiger partial charge in [0.25, 0.3) is 11.8 Å². The lowest BCUT2D eigenvalue weighted by Gasteiger charge is -2.14. The number of ether oxygens (including phenoxy) is 2. The van der Waals surface area contributed by atoms with Gasteiger partial charge in [-0.2, -0.15) is 0 Å². The normalized spacial score (nSPS) is 13.7. The topological polar surface area (TPSA) is 126 Å². The van der Waals surface area contributed by atoms with Crippen LogP contribution in [-0.2, 0) is 14.4 Å². The van der Waals surface area contributed by atoms with Gasteiger partial charge in [-0.3, -0.25) is 14.4 Å². The quantitative estimate of drug-likeness (QED) is 0.180. The summed E-state index contributed by atoms with van der Waals surface area (Å²) in [6.07, 6.45) is 1.39. The van der Waals surface area contributed by atoms with E-state index in [0.717, 1.165) is 0 Å². The number of carbonyl (C=O) groups is 4. The van der Waals surface area contributed by atoms with Gasteiger partial charge in [-0.1, -0.05) is 12.1 Å². The lowest BCUT2D eigenvalue weighted by molar-refractivity contribution is -0.127. The second-order valence-corrected chi connectivity index (χ2v) is 9.45. The van der Waals surface area contributed by atoms with E-state index in [0.29, 0.717) is 19.7 Å². The molecule has 1 saturated heterocycles. The van der Waals surface area contributed by atoms with Gasteiger partial charge < -0.3 is 25.4 Å². The minimum Gasteiger partial charge on any atom is -0.493 e. The molecule has 10 nitrogen and oxygen atoms in total. The van der Waals surface area contributed by atoms with Gasteiger partial charge in [0, 0.05) is 5.69 Å². The Morgan fingerprint density at radius 2 is 1.75 bits per heavy atom. The highest BCUT2D eigenvalue weighted by Gasteiger charge is 2.35. The molecule has 0 aromatic heterocycles. The second-order valence-electron chi connectivity index (χ2n) is 8.29. The third kappa shape index (κ3) is 6.91. The number of rotatable bonds is 9. The van der Waals surface area contributed by atoms with Crippen molar-refractivity contribution in [3.63, 3.8) is 0 Å². The number of hydrogen-bond acceptors (Lipinski definition) is 6. The largest absolute Gasteiger partial charge is 0.493 e. The van der Waals surface area contributed by atoms with E-state index < -0.39 is 41.9 Å². The van der Waals surface area contributed by atoms with Crippen LogP contribution in [0.4, 0.5) is 25.0 Å². The van der Waals surface area contributed by atoms with Crippen LogP contribution in [0.25, 0.3) is 6.08 Å². The van der Waals surface area contributed by atoms with Crippen molar-refractivity contribution in [3.8, 4) is 11.5 Å². The smallest absolute Gasteiger partial charge is 0.329 e. The predicted molar refractivity (Wildman–Crippen MR) is 149 cm³/mol. The predicted octanol–water partition coefficient (Wildman–Crippen LogP) is 4.13. The molecule has 0 saturated carbocycles. The highest BCUT2D eigenvalue weighted by molar-refractivity contribution is 14.1. The lowest BCUT2D eigenvalue weighted by Crippen LogP contribution is -2.38. The summed E-state index contributed by atoms with van der Waals surface area (Å²) < 4.78 is 38.4. The number of nitrogens with zero attached hydrogens (tertiary/aromatic N) is 1. The summed E-state index contributed by atoms with van der Waals surface area (Å²) >= 11 is 1.96. The molecule has 3 aromatic rings. The van der Waals surface area contributed by atoms with Crippen molar-refractivity contribution in [2.45, 2.75) is 0 Å². The van der Waals surface area contributed by atoms with Crippen LogP contribution in [-0.4, -0.2) is 48.9 Å². The average molecular weight is 662 g/mol. The number of imide groups is 1. The van der Waals surface area contributed by atoms with E-state index in [2.05, 4.69) is 16.0 Å². The average Bonchev–Trinajstić information content (AvgIpc) is 3.17. The van der Waals surface area contributed by atoms with Gasteiger partial charge >= 0.3 is 6.03 Å². The molecule has 0 spiro atoms. The zero-order valence-electron chi connectivity index (χ0n) is 20.8. The summed E-state index contributed by atoms with van der Waals surface area (Å²) in [7, 11) is 1.40. The van der Waals surface area contributed by atoms with Crippen molar-refractivity contribution in [2.75, 3.05) is 30.9 Å². The van der Waals surface area contributed by atoms with Crippen molar-refractivity contribution in [3.05, 3.63) is 87.1 Å². The molecule has 3 aromatic carbocycles. The first-order valence-electron chi connectivity index (χ1n) is 11.6. The molecule has 4 rings (SSSR count). The molecular formula is C27H21F2IN4O6. The monoisotopic (exact) mass is 662 g/mol. The summed E-state index contributed by atoms with van der Waals surface area (Å²) in [5.41, 5.74) is 0.701. The Morgan fingerprint density at radius 3 is 2.45 bits per heavy atom. The standard InChI is InChI=1S/C27H21F2IN4O6/c1-39-22-12-15(10-19(30)25(22)40-14-24(36)31-17-8-6-16(28)7-9-17)11-21-26(37)34(27(38)33-21)13-23(35)32-20-5-3-2-4-18(20)29/h2-12H,13-14H2,1H3,(H,31,36)(H,32,35)(H,33,38)/b21-11+. The number of carbonyl (C=O) groups excluding carboxylic acids is 4.